The van der Waals surface area contributed by atoms with Crippen LogP contribution in [0.4, 0.5) is 0 Å². The highest BCUT2D eigenvalue weighted by molar-refractivity contribution is 7.99. The lowest BCUT2D eigenvalue weighted by atomic mass is 10.1. The summed E-state index contributed by atoms with van der Waals surface area (Å²) in [7, 11) is 4.66. The highest BCUT2D eigenvalue weighted by Crippen LogP contribution is 2.39. The second kappa shape index (κ2) is 9.04. The molecule has 3 rings (SSSR count). The summed E-state index contributed by atoms with van der Waals surface area (Å²) in [6.07, 6.45) is 1.02. The standard InChI is InChI=1S/C21H25NO4S/c1-24-18-11-16(12-19(25-2)20(18)26-3)21(23)22-10-9-15(13-22)14-27-17-7-5-4-6-8-17/h4-8,11-12,15H,9-10,13-14H2,1-3H3/t15-/m1/s1. The number of benzene rings is 2. The maximum absolute atomic E-state index is 13.0. The molecule has 1 fully saturated rings. The summed E-state index contributed by atoms with van der Waals surface area (Å²) < 4.78 is 16.1. The van der Waals surface area contributed by atoms with Crippen LogP contribution < -0.4 is 14.2 Å². The van der Waals surface area contributed by atoms with Crippen molar-refractivity contribution in [3.63, 3.8) is 0 Å². The molecule has 0 aliphatic carbocycles. The van der Waals surface area contributed by atoms with Gasteiger partial charge in [0, 0.05) is 29.3 Å². The average Bonchev–Trinajstić information content (AvgIpc) is 3.20. The van der Waals surface area contributed by atoms with Gasteiger partial charge in [-0.15, -0.1) is 11.8 Å². The molecular formula is C21H25NO4S. The first-order valence-electron chi connectivity index (χ1n) is 8.93. The van der Waals surface area contributed by atoms with E-state index < -0.39 is 0 Å². The molecule has 0 aromatic heterocycles. The minimum atomic E-state index is 0.00136. The number of methoxy groups -OCH3 is 3. The van der Waals surface area contributed by atoms with Gasteiger partial charge in [-0.05, 0) is 36.6 Å². The van der Waals surface area contributed by atoms with Crippen LogP contribution in [0.3, 0.4) is 0 Å². The van der Waals surface area contributed by atoms with Crippen molar-refractivity contribution in [3.8, 4) is 17.2 Å². The molecule has 27 heavy (non-hydrogen) atoms. The molecule has 0 N–H and O–H groups in total. The van der Waals surface area contributed by atoms with E-state index in [-0.39, 0.29) is 5.91 Å². The molecule has 1 heterocycles. The van der Waals surface area contributed by atoms with E-state index in [0.717, 1.165) is 25.3 Å². The van der Waals surface area contributed by atoms with Crippen molar-refractivity contribution in [3.05, 3.63) is 48.0 Å². The summed E-state index contributed by atoms with van der Waals surface area (Å²) in [5, 5.41) is 0. The Balaban J connectivity index is 1.66. The number of rotatable bonds is 7. The normalized spacial score (nSPS) is 16.3. The fourth-order valence-electron chi connectivity index (χ4n) is 3.27. The molecule has 1 saturated heterocycles. The van der Waals surface area contributed by atoms with Crippen molar-refractivity contribution in [2.45, 2.75) is 11.3 Å². The number of hydrogen-bond donors (Lipinski definition) is 0. The zero-order valence-corrected chi connectivity index (χ0v) is 16.8. The smallest absolute Gasteiger partial charge is 0.254 e. The van der Waals surface area contributed by atoms with E-state index in [1.807, 2.05) is 22.7 Å². The van der Waals surface area contributed by atoms with Gasteiger partial charge in [0.25, 0.3) is 5.91 Å². The molecule has 0 bridgehead atoms. The Morgan fingerprint density at radius 2 is 1.74 bits per heavy atom. The Morgan fingerprint density at radius 3 is 2.33 bits per heavy atom. The first kappa shape index (κ1) is 19.4. The van der Waals surface area contributed by atoms with Crippen molar-refractivity contribution < 1.29 is 19.0 Å². The lowest BCUT2D eigenvalue weighted by Crippen LogP contribution is -2.29. The van der Waals surface area contributed by atoms with Crippen molar-refractivity contribution in [2.75, 3.05) is 40.2 Å². The molecule has 0 unspecified atom stereocenters. The Hall–Kier alpha value is -2.34. The van der Waals surface area contributed by atoms with Gasteiger partial charge in [-0.3, -0.25) is 4.79 Å². The third-order valence-corrected chi connectivity index (χ3v) is 5.96. The van der Waals surface area contributed by atoms with Gasteiger partial charge in [-0.2, -0.15) is 0 Å². The van der Waals surface area contributed by atoms with E-state index in [4.69, 9.17) is 14.2 Å². The summed E-state index contributed by atoms with van der Waals surface area (Å²) in [6.45, 7) is 1.55. The Labute approximate surface area is 164 Å². The first-order valence-corrected chi connectivity index (χ1v) is 9.92. The Morgan fingerprint density at radius 1 is 1.07 bits per heavy atom. The number of hydrogen-bond acceptors (Lipinski definition) is 5. The van der Waals surface area contributed by atoms with Crippen LogP contribution in [0.1, 0.15) is 16.8 Å². The summed E-state index contributed by atoms with van der Waals surface area (Å²) in [6, 6.07) is 13.8. The van der Waals surface area contributed by atoms with Gasteiger partial charge in [0.05, 0.1) is 21.3 Å². The molecule has 144 valence electrons. The van der Waals surface area contributed by atoms with Gasteiger partial charge in [0.1, 0.15) is 0 Å². The number of likely N-dealkylation sites (tertiary alicyclic amines) is 1. The summed E-state index contributed by atoms with van der Waals surface area (Å²) in [5.41, 5.74) is 0.556. The van der Waals surface area contributed by atoms with E-state index in [1.54, 1.807) is 33.5 Å². The Bertz CT molecular complexity index is 756. The average molecular weight is 388 g/mol. The summed E-state index contributed by atoms with van der Waals surface area (Å²) >= 11 is 1.85. The fourth-order valence-corrected chi connectivity index (χ4v) is 4.32. The third kappa shape index (κ3) is 4.50. The largest absolute Gasteiger partial charge is 0.493 e. The predicted molar refractivity (Wildman–Crippen MR) is 107 cm³/mol. The first-order chi connectivity index (χ1) is 13.2. The van der Waals surface area contributed by atoms with Crippen LogP contribution in [0.2, 0.25) is 0 Å². The highest BCUT2D eigenvalue weighted by atomic mass is 32.2. The molecule has 0 spiro atoms. The minimum Gasteiger partial charge on any atom is -0.493 e. The number of nitrogens with zero attached hydrogens (tertiary/aromatic N) is 1. The maximum atomic E-state index is 13.0. The molecule has 1 aliphatic heterocycles. The summed E-state index contributed by atoms with van der Waals surface area (Å²) in [4.78, 5) is 16.2. The van der Waals surface area contributed by atoms with E-state index in [1.165, 1.54) is 4.90 Å². The van der Waals surface area contributed by atoms with Crippen LogP contribution in [-0.4, -0.2) is 51.0 Å². The molecule has 0 saturated carbocycles. The van der Waals surface area contributed by atoms with Crippen LogP contribution in [0.25, 0.3) is 0 Å². The van der Waals surface area contributed by atoms with Gasteiger partial charge >= 0.3 is 0 Å². The molecule has 6 heteroatoms. The van der Waals surface area contributed by atoms with Crippen molar-refractivity contribution in [1.29, 1.82) is 0 Å². The second-order valence-corrected chi connectivity index (χ2v) is 7.54. The van der Waals surface area contributed by atoms with E-state index in [0.29, 0.717) is 28.7 Å². The van der Waals surface area contributed by atoms with Gasteiger partial charge in [0.15, 0.2) is 11.5 Å². The fraction of sp³-hybridized carbons (Fsp3) is 0.381. The van der Waals surface area contributed by atoms with E-state index >= 15 is 0 Å². The third-order valence-electron chi connectivity index (χ3n) is 4.71. The SMILES string of the molecule is COc1cc(C(=O)N2CC[C@@H](CSc3ccccc3)C2)cc(OC)c1OC. The molecular weight excluding hydrogens is 362 g/mol. The van der Waals surface area contributed by atoms with Crippen LogP contribution in [0.5, 0.6) is 17.2 Å². The van der Waals surface area contributed by atoms with Crippen LogP contribution in [0, 0.1) is 5.92 Å². The second-order valence-electron chi connectivity index (χ2n) is 6.44. The molecule has 5 nitrogen and oxygen atoms in total. The topological polar surface area (TPSA) is 48.0 Å². The monoisotopic (exact) mass is 387 g/mol. The zero-order valence-electron chi connectivity index (χ0n) is 15.9. The minimum absolute atomic E-state index is 0.00136. The number of carbonyl (C=O) groups is 1. The Kier molecular flexibility index (Phi) is 6.50. The van der Waals surface area contributed by atoms with Crippen molar-refractivity contribution in [1.82, 2.24) is 4.90 Å². The van der Waals surface area contributed by atoms with E-state index in [2.05, 4.69) is 24.3 Å². The molecule has 2 aromatic carbocycles. The molecule has 1 atom stereocenters. The van der Waals surface area contributed by atoms with Gasteiger partial charge in [-0.25, -0.2) is 0 Å². The lowest BCUT2D eigenvalue weighted by molar-refractivity contribution is 0.0787. The molecule has 2 aromatic rings. The maximum Gasteiger partial charge on any atom is 0.254 e. The number of carbonyl (C=O) groups excluding carboxylic acids is 1. The van der Waals surface area contributed by atoms with Gasteiger partial charge in [-0.1, -0.05) is 18.2 Å². The zero-order chi connectivity index (χ0) is 19.2. The van der Waals surface area contributed by atoms with Crippen LogP contribution in [-0.2, 0) is 0 Å². The lowest BCUT2D eigenvalue weighted by Gasteiger charge is -2.19. The van der Waals surface area contributed by atoms with E-state index in [9.17, 15) is 4.79 Å². The van der Waals surface area contributed by atoms with Gasteiger partial charge < -0.3 is 19.1 Å². The van der Waals surface area contributed by atoms with Crippen LogP contribution in [0.15, 0.2) is 47.4 Å². The number of thioether (sulfide) groups is 1. The molecule has 1 amide bonds. The molecule has 1 aliphatic rings. The summed E-state index contributed by atoms with van der Waals surface area (Å²) in [5.74, 6) is 3.01. The van der Waals surface area contributed by atoms with Crippen molar-refractivity contribution >= 4 is 17.7 Å². The van der Waals surface area contributed by atoms with Crippen molar-refractivity contribution in [2.24, 2.45) is 5.92 Å². The quantitative estimate of drug-likeness (QED) is 0.673. The van der Waals surface area contributed by atoms with Crippen LogP contribution >= 0.6 is 11.8 Å². The molecule has 0 radical (unpaired) electrons. The van der Waals surface area contributed by atoms with Gasteiger partial charge in [0.2, 0.25) is 5.75 Å². The number of ether oxygens (including phenoxy) is 3. The highest BCUT2D eigenvalue weighted by Gasteiger charge is 2.28. The predicted octanol–water partition coefficient (Wildman–Crippen LogP) is 3.97. The number of amides is 1.